The molecule has 9 nitrogen and oxygen atoms in total. The van der Waals surface area contributed by atoms with Crippen LogP contribution in [0.25, 0.3) is 33.3 Å². The molecule has 0 fully saturated rings. The highest BCUT2D eigenvalue weighted by Crippen LogP contribution is 2.37. The third-order valence-corrected chi connectivity index (χ3v) is 6.42. The van der Waals surface area contributed by atoms with Gasteiger partial charge in [0.1, 0.15) is 23.5 Å². The standard InChI is InChI=1S/C19H17N9S/c20-16-14-15(10-5-9-3-4-22-17(9)23-7-10)27-28(18(14)25-8-24-16)11-1-2-12-13(6-11)29-19(21)26-12/h3-5,7-8,11H,1-2,6H2,(H2,21,26)(H,22,23)(H2,20,24,25). The minimum Gasteiger partial charge on any atom is -0.383 e. The van der Waals surface area contributed by atoms with Gasteiger partial charge in [0.15, 0.2) is 10.8 Å². The molecule has 5 aromatic rings. The second-order valence-electron chi connectivity index (χ2n) is 7.21. The number of aromatic nitrogens is 7. The van der Waals surface area contributed by atoms with Gasteiger partial charge in [-0.05, 0) is 25.0 Å². The van der Waals surface area contributed by atoms with Gasteiger partial charge >= 0.3 is 0 Å². The largest absolute Gasteiger partial charge is 0.383 e. The van der Waals surface area contributed by atoms with Gasteiger partial charge in [-0.15, -0.1) is 11.3 Å². The van der Waals surface area contributed by atoms with Crippen LogP contribution in [0.1, 0.15) is 23.0 Å². The highest BCUT2D eigenvalue weighted by molar-refractivity contribution is 7.15. The van der Waals surface area contributed by atoms with Crippen LogP contribution in [0.3, 0.4) is 0 Å². The molecule has 0 amide bonds. The first-order chi connectivity index (χ1) is 14.2. The van der Waals surface area contributed by atoms with E-state index in [9.17, 15) is 0 Å². The van der Waals surface area contributed by atoms with Gasteiger partial charge in [0, 0.05) is 34.6 Å². The number of hydrogen-bond donors (Lipinski definition) is 3. The molecular weight excluding hydrogens is 386 g/mol. The maximum absolute atomic E-state index is 6.25. The maximum Gasteiger partial charge on any atom is 0.180 e. The monoisotopic (exact) mass is 403 g/mol. The number of aromatic amines is 1. The zero-order valence-electron chi connectivity index (χ0n) is 15.3. The van der Waals surface area contributed by atoms with E-state index in [1.165, 1.54) is 11.2 Å². The van der Waals surface area contributed by atoms with Crippen molar-refractivity contribution in [1.29, 1.82) is 0 Å². The molecule has 0 radical (unpaired) electrons. The molecule has 0 spiro atoms. The first-order valence-corrected chi connectivity index (χ1v) is 10.2. The van der Waals surface area contributed by atoms with E-state index in [1.54, 1.807) is 17.5 Å². The van der Waals surface area contributed by atoms with Crippen molar-refractivity contribution in [2.24, 2.45) is 0 Å². The number of nitrogens with zero attached hydrogens (tertiary/aromatic N) is 6. The Morgan fingerprint density at radius 3 is 3.07 bits per heavy atom. The summed E-state index contributed by atoms with van der Waals surface area (Å²) in [4.78, 5) is 22.0. The van der Waals surface area contributed by atoms with Crippen LogP contribution >= 0.6 is 11.3 Å². The number of anilines is 2. The Labute approximate surface area is 168 Å². The second kappa shape index (κ2) is 5.98. The molecule has 29 heavy (non-hydrogen) atoms. The number of hydrogen-bond acceptors (Lipinski definition) is 8. The van der Waals surface area contributed by atoms with E-state index in [2.05, 4.69) is 31.0 Å². The molecule has 6 rings (SSSR count). The van der Waals surface area contributed by atoms with E-state index >= 15 is 0 Å². The number of rotatable bonds is 2. The summed E-state index contributed by atoms with van der Waals surface area (Å²) in [6, 6.07) is 4.21. The number of nitrogens with two attached hydrogens (primary N) is 2. The Hall–Kier alpha value is -3.53. The number of fused-ring (bicyclic) bond motifs is 3. The van der Waals surface area contributed by atoms with Gasteiger partial charge in [0.2, 0.25) is 0 Å². The summed E-state index contributed by atoms with van der Waals surface area (Å²) in [5.41, 5.74) is 16.5. The average Bonchev–Trinajstić information content (AvgIpc) is 3.42. The number of aryl methyl sites for hydroxylation is 1. The smallest absolute Gasteiger partial charge is 0.180 e. The summed E-state index contributed by atoms with van der Waals surface area (Å²) >= 11 is 1.56. The first kappa shape index (κ1) is 16.4. The molecule has 0 saturated carbocycles. The summed E-state index contributed by atoms with van der Waals surface area (Å²) in [7, 11) is 0. The topological polar surface area (TPSA) is 137 Å². The van der Waals surface area contributed by atoms with Crippen LogP contribution in [0.4, 0.5) is 10.9 Å². The molecule has 0 aromatic carbocycles. The molecule has 0 aliphatic heterocycles. The van der Waals surface area contributed by atoms with Crippen LogP contribution in [-0.2, 0) is 12.8 Å². The normalized spacial score (nSPS) is 16.5. The van der Waals surface area contributed by atoms with Gasteiger partial charge in [-0.3, -0.25) is 0 Å². The molecule has 1 atom stereocenters. The Kier molecular flexibility index (Phi) is 3.39. The van der Waals surface area contributed by atoms with Crippen LogP contribution in [0.5, 0.6) is 0 Å². The van der Waals surface area contributed by atoms with Crippen molar-refractivity contribution >= 4 is 44.4 Å². The average molecular weight is 403 g/mol. The summed E-state index contributed by atoms with van der Waals surface area (Å²) in [5.74, 6) is 0.420. The van der Waals surface area contributed by atoms with Crippen molar-refractivity contribution in [2.75, 3.05) is 11.5 Å². The minimum absolute atomic E-state index is 0.164. The van der Waals surface area contributed by atoms with Crippen LogP contribution in [0, 0.1) is 0 Å². The summed E-state index contributed by atoms with van der Waals surface area (Å²) in [6.45, 7) is 0. The van der Waals surface area contributed by atoms with Crippen LogP contribution in [0.15, 0.2) is 30.9 Å². The van der Waals surface area contributed by atoms with E-state index in [-0.39, 0.29) is 6.04 Å². The molecule has 5 N–H and O–H groups in total. The van der Waals surface area contributed by atoms with Gasteiger partial charge in [0.05, 0.1) is 17.1 Å². The molecular formula is C19H17N9S. The van der Waals surface area contributed by atoms with Crippen LogP contribution in [0.2, 0.25) is 0 Å². The molecule has 0 bridgehead atoms. The number of nitrogen functional groups attached to an aromatic ring is 2. The van der Waals surface area contributed by atoms with Crippen molar-refractivity contribution < 1.29 is 0 Å². The Balaban J connectivity index is 1.52. The predicted octanol–water partition coefficient (Wildman–Crippen LogP) is 2.72. The predicted molar refractivity (Wildman–Crippen MR) is 112 cm³/mol. The van der Waals surface area contributed by atoms with Crippen molar-refractivity contribution in [3.8, 4) is 11.3 Å². The fourth-order valence-corrected chi connectivity index (χ4v) is 5.06. The zero-order chi connectivity index (χ0) is 19.5. The highest BCUT2D eigenvalue weighted by Gasteiger charge is 2.28. The van der Waals surface area contributed by atoms with Crippen LogP contribution in [-0.4, -0.2) is 34.7 Å². The van der Waals surface area contributed by atoms with Crippen molar-refractivity contribution in [3.05, 3.63) is 41.4 Å². The van der Waals surface area contributed by atoms with Crippen molar-refractivity contribution in [3.63, 3.8) is 0 Å². The fraction of sp³-hybridized carbons (Fsp3) is 0.211. The lowest BCUT2D eigenvalue weighted by Gasteiger charge is -2.21. The molecule has 0 saturated heterocycles. The lowest BCUT2D eigenvalue weighted by atomic mass is 9.98. The number of H-pyrrole nitrogens is 1. The molecule has 5 heterocycles. The zero-order valence-corrected chi connectivity index (χ0v) is 16.1. The molecule has 144 valence electrons. The summed E-state index contributed by atoms with van der Waals surface area (Å²) < 4.78 is 1.99. The first-order valence-electron chi connectivity index (χ1n) is 9.33. The van der Waals surface area contributed by atoms with E-state index in [0.29, 0.717) is 10.9 Å². The van der Waals surface area contributed by atoms with E-state index in [4.69, 9.17) is 16.6 Å². The highest BCUT2D eigenvalue weighted by atomic mass is 32.1. The minimum atomic E-state index is 0.164. The van der Waals surface area contributed by atoms with E-state index in [1.807, 2.05) is 16.9 Å². The Morgan fingerprint density at radius 2 is 2.14 bits per heavy atom. The molecule has 1 unspecified atom stereocenters. The molecule has 1 aliphatic carbocycles. The third-order valence-electron chi connectivity index (χ3n) is 5.47. The lowest BCUT2D eigenvalue weighted by Crippen LogP contribution is -2.19. The summed E-state index contributed by atoms with van der Waals surface area (Å²) in [6.07, 6.45) is 7.80. The lowest BCUT2D eigenvalue weighted by molar-refractivity contribution is 0.416. The Morgan fingerprint density at radius 1 is 1.21 bits per heavy atom. The van der Waals surface area contributed by atoms with Crippen molar-refractivity contribution in [2.45, 2.75) is 25.3 Å². The fourth-order valence-electron chi connectivity index (χ4n) is 4.11. The maximum atomic E-state index is 6.25. The number of pyridine rings is 1. The van der Waals surface area contributed by atoms with E-state index in [0.717, 1.165) is 58.3 Å². The number of thiazole rings is 1. The molecule has 10 heteroatoms. The van der Waals surface area contributed by atoms with Gasteiger partial charge in [-0.25, -0.2) is 24.6 Å². The van der Waals surface area contributed by atoms with Gasteiger partial charge < -0.3 is 16.5 Å². The Bertz CT molecular complexity index is 1380. The molecule has 1 aliphatic rings. The quantitative estimate of drug-likeness (QED) is 0.412. The van der Waals surface area contributed by atoms with Crippen molar-refractivity contribution in [1.82, 2.24) is 34.7 Å². The number of nitrogens with one attached hydrogen (secondary N) is 1. The van der Waals surface area contributed by atoms with Crippen LogP contribution < -0.4 is 11.5 Å². The summed E-state index contributed by atoms with van der Waals surface area (Å²) in [5, 5.41) is 7.36. The third kappa shape index (κ3) is 2.49. The van der Waals surface area contributed by atoms with Gasteiger partial charge in [-0.2, -0.15) is 5.10 Å². The van der Waals surface area contributed by atoms with Gasteiger partial charge in [0.25, 0.3) is 0 Å². The molecule has 5 aromatic heterocycles. The second-order valence-corrected chi connectivity index (χ2v) is 8.32. The van der Waals surface area contributed by atoms with Gasteiger partial charge in [-0.1, -0.05) is 0 Å². The van der Waals surface area contributed by atoms with E-state index < -0.39 is 0 Å². The SMILES string of the molecule is Nc1nc2c(s1)CC(n1nc(-c3cnc4[nH]ccc4c3)c3c(N)ncnc31)CC2.